The normalized spacial score (nSPS) is 10.6. The van der Waals surface area contributed by atoms with E-state index in [2.05, 4.69) is 12.2 Å². The molecule has 0 aliphatic carbocycles. The lowest BCUT2D eigenvalue weighted by atomic mass is 9.97. The molecule has 25 heavy (non-hydrogen) atoms. The maximum atomic E-state index is 12.5. The summed E-state index contributed by atoms with van der Waals surface area (Å²) in [6.45, 7) is 7.09. The number of aryl methyl sites for hydroxylation is 1. The molecule has 0 aliphatic heterocycles. The van der Waals surface area contributed by atoms with Gasteiger partial charge in [0.1, 0.15) is 0 Å². The van der Waals surface area contributed by atoms with Gasteiger partial charge in [-0.1, -0.05) is 13.3 Å². The van der Waals surface area contributed by atoms with Gasteiger partial charge in [0.2, 0.25) is 0 Å². The molecule has 0 spiro atoms. The Morgan fingerprint density at radius 1 is 1.04 bits per heavy atom. The lowest BCUT2D eigenvalue weighted by Gasteiger charge is -2.17. The fraction of sp³-hybridized carbons (Fsp3) is 0.450. The Balaban J connectivity index is 2.70. The molecule has 136 valence electrons. The van der Waals surface area contributed by atoms with Crippen LogP contribution in [0.15, 0.2) is 18.2 Å². The van der Waals surface area contributed by atoms with Gasteiger partial charge in [-0.25, -0.2) is 4.79 Å². The minimum Gasteiger partial charge on any atom is -0.493 e. The first-order chi connectivity index (χ1) is 12.1. The van der Waals surface area contributed by atoms with E-state index in [0.29, 0.717) is 23.7 Å². The molecule has 0 radical (unpaired) electrons. The highest BCUT2D eigenvalue weighted by molar-refractivity contribution is 6.10. The Morgan fingerprint density at radius 3 is 2.24 bits per heavy atom. The zero-order chi connectivity index (χ0) is 18.4. The zero-order valence-electron chi connectivity index (χ0n) is 15.7. The zero-order valence-corrected chi connectivity index (χ0v) is 15.7. The second-order valence-corrected chi connectivity index (χ2v) is 5.87. The SMILES string of the molecule is CCCCNc1cc(C)c(C(=O)OCC)c2cc(OC)c(OC)cc12. The maximum absolute atomic E-state index is 12.5. The molecular formula is C20H27NO4. The molecule has 5 heteroatoms. The van der Waals surface area contributed by atoms with Crippen LogP contribution in [0.3, 0.4) is 0 Å². The fourth-order valence-electron chi connectivity index (χ4n) is 2.91. The van der Waals surface area contributed by atoms with Gasteiger partial charge in [0, 0.05) is 23.0 Å². The van der Waals surface area contributed by atoms with Crippen LogP contribution in [0.25, 0.3) is 10.8 Å². The van der Waals surface area contributed by atoms with Crippen molar-refractivity contribution in [2.45, 2.75) is 33.6 Å². The minimum atomic E-state index is -0.322. The molecule has 0 atom stereocenters. The highest BCUT2D eigenvalue weighted by Crippen LogP contribution is 2.38. The molecule has 2 aromatic carbocycles. The van der Waals surface area contributed by atoms with Crippen molar-refractivity contribution in [1.82, 2.24) is 0 Å². The molecule has 0 saturated heterocycles. The third kappa shape index (κ3) is 3.98. The average Bonchev–Trinajstić information content (AvgIpc) is 2.60. The third-order valence-electron chi connectivity index (χ3n) is 4.16. The molecule has 0 aromatic heterocycles. The summed E-state index contributed by atoms with van der Waals surface area (Å²) < 4.78 is 16.1. The van der Waals surface area contributed by atoms with Gasteiger partial charge in [-0.15, -0.1) is 0 Å². The van der Waals surface area contributed by atoms with Crippen LogP contribution in [0, 0.1) is 6.92 Å². The molecule has 0 heterocycles. The predicted octanol–water partition coefficient (Wildman–Crippen LogP) is 4.55. The van der Waals surface area contributed by atoms with Gasteiger partial charge in [-0.3, -0.25) is 0 Å². The van der Waals surface area contributed by atoms with E-state index in [9.17, 15) is 4.79 Å². The van der Waals surface area contributed by atoms with E-state index in [1.54, 1.807) is 21.1 Å². The van der Waals surface area contributed by atoms with E-state index in [1.165, 1.54) is 0 Å². The van der Waals surface area contributed by atoms with Crippen molar-refractivity contribution in [3.63, 3.8) is 0 Å². The quantitative estimate of drug-likeness (QED) is 0.562. The molecule has 0 amide bonds. The number of fused-ring (bicyclic) bond motifs is 1. The fourth-order valence-corrected chi connectivity index (χ4v) is 2.91. The van der Waals surface area contributed by atoms with Gasteiger partial charge in [-0.2, -0.15) is 0 Å². The molecule has 5 nitrogen and oxygen atoms in total. The molecule has 0 aliphatic rings. The molecule has 0 unspecified atom stereocenters. The molecule has 0 bridgehead atoms. The van der Waals surface area contributed by atoms with Crippen molar-refractivity contribution in [2.24, 2.45) is 0 Å². The van der Waals surface area contributed by atoms with E-state index in [4.69, 9.17) is 14.2 Å². The van der Waals surface area contributed by atoms with Gasteiger partial charge in [-0.05, 0) is 44.0 Å². The van der Waals surface area contributed by atoms with Crippen molar-refractivity contribution < 1.29 is 19.0 Å². The van der Waals surface area contributed by atoms with Crippen molar-refractivity contribution >= 4 is 22.4 Å². The number of ether oxygens (including phenoxy) is 3. The standard InChI is InChI=1S/C20H27NO4/c1-6-8-9-21-16-10-13(3)19(20(22)25-7-2)15-12-18(24-5)17(23-4)11-14(15)16/h10-12,21H,6-9H2,1-5H3. The van der Waals surface area contributed by atoms with Crippen LogP contribution in [0.2, 0.25) is 0 Å². The van der Waals surface area contributed by atoms with Crippen LogP contribution in [-0.4, -0.2) is 33.3 Å². The van der Waals surface area contributed by atoms with Crippen LogP contribution < -0.4 is 14.8 Å². The second-order valence-electron chi connectivity index (χ2n) is 5.87. The first kappa shape index (κ1) is 18.9. The Hall–Kier alpha value is -2.43. The van der Waals surface area contributed by atoms with Gasteiger partial charge in [0.05, 0.1) is 26.4 Å². The molecule has 1 N–H and O–H groups in total. The van der Waals surface area contributed by atoms with Crippen LogP contribution in [-0.2, 0) is 4.74 Å². The van der Waals surface area contributed by atoms with Crippen LogP contribution >= 0.6 is 0 Å². The smallest absolute Gasteiger partial charge is 0.339 e. The third-order valence-corrected chi connectivity index (χ3v) is 4.16. The maximum Gasteiger partial charge on any atom is 0.339 e. The second kappa shape index (κ2) is 8.60. The summed E-state index contributed by atoms with van der Waals surface area (Å²) >= 11 is 0. The van der Waals surface area contributed by atoms with Gasteiger partial charge in [0.15, 0.2) is 11.5 Å². The monoisotopic (exact) mass is 345 g/mol. The van der Waals surface area contributed by atoms with Crippen LogP contribution in [0.1, 0.15) is 42.6 Å². The molecular weight excluding hydrogens is 318 g/mol. The number of anilines is 1. The summed E-state index contributed by atoms with van der Waals surface area (Å²) in [5.74, 6) is 0.898. The summed E-state index contributed by atoms with van der Waals surface area (Å²) in [5, 5.41) is 5.19. The lowest BCUT2D eigenvalue weighted by molar-refractivity contribution is 0.0528. The molecule has 0 fully saturated rings. The van der Waals surface area contributed by atoms with Gasteiger partial charge >= 0.3 is 5.97 Å². The summed E-state index contributed by atoms with van der Waals surface area (Å²) in [7, 11) is 3.19. The van der Waals surface area contributed by atoms with Gasteiger partial charge < -0.3 is 19.5 Å². The number of nitrogens with one attached hydrogen (secondary N) is 1. The lowest BCUT2D eigenvalue weighted by Crippen LogP contribution is -2.10. The first-order valence-corrected chi connectivity index (χ1v) is 8.67. The highest BCUT2D eigenvalue weighted by atomic mass is 16.5. The topological polar surface area (TPSA) is 56.8 Å². The van der Waals surface area contributed by atoms with Crippen LogP contribution in [0.5, 0.6) is 11.5 Å². The van der Waals surface area contributed by atoms with Crippen LogP contribution in [0.4, 0.5) is 5.69 Å². The van der Waals surface area contributed by atoms with E-state index in [-0.39, 0.29) is 5.97 Å². The molecule has 2 aromatic rings. The van der Waals surface area contributed by atoms with Crippen molar-refractivity contribution in [3.8, 4) is 11.5 Å². The largest absolute Gasteiger partial charge is 0.493 e. The summed E-state index contributed by atoms with van der Waals surface area (Å²) in [5.41, 5.74) is 2.42. The van der Waals surface area contributed by atoms with E-state index in [0.717, 1.165) is 41.4 Å². The number of carbonyl (C=O) groups excluding carboxylic acids is 1. The number of unbranched alkanes of at least 4 members (excludes halogenated alkanes) is 1. The first-order valence-electron chi connectivity index (χ1n) is 8.67. The summed E-state index contributed by atoms with van der Waals surface area (Å²) in [4.78, 5) is 12.5. The summed E-state index contributed by atoms with van der Waals surface area (Å²) in [6, 6.07) is 5.75. The Bertz CT molecular complexity index is 755. The van der Waals surface area contributed by atoms with Crippen molar-refractivity contribution in [2.75, 3.05) is 32.7 Å². The van der Waals surface area contributed by atoms with E-state index in [1.807, 2.05) is 25.1 Å². The number of carbonyl (C=O) groups is 1. The number of rotatable bonds is 8. The average molecular weight is 345 g/mol. The Kier molecular flexibility index (Phi) is 6.51. The molecule has 0 saturated carbocycles. The van der Waals surface area contributed by atoms with E-state index < -0.39 is 0 Å². The molecule has 2 rings (SSSR count). The van der Waals surface area contributed by atoms with E-state index >= 15 is 0 Å². The number of hydrogen-bond donors (Lipinski definition) is 1. The number of esters is 1. The number of benzene rings is 2. The number of methoxy groups -OCH3 is 2. The number of hydrogen-bond acceptors (Lipinski definition) is 5. The van der Waals surface area contributed by atoms with Gasteiger partial charge in [0.25, 0.3) is 0 Å². The van der Waals surface area contributed by atoms with Crippen molar-refractivity contribution in [3.05, 3.63) is 29.3 Å². The predicted molar refractivity (Wildman–Crippen MR) is 101 cm³/mol. The minimum absolute atomic E-state index is 0.322. The summed E-state index contributed by atoms with van der Waals surface area (Å²) in [6.07, 6.45) is 2.19. The highest BCUT2D eigenvalue weighted by Gasteiger charge is 2.19. The Morgan fingerprint density at radius 2 is 1.68 bits per heavy atom. The van der Waals surface area contributed by atoms with Crippen molar-refractivity contribution in [1.29, 1.82) is 0 Å². The Labute approximate surface area is 149 Å².